The highest BCUT2D eigenvalue weighted by Crippen LogP contribution is 2.25. The highest BCUT2D eigenvalue weighted by Gasteiger charge is 2.28. The number of morpholine rings is 1. The zero-order valence-corrected chi connectivity index (χ0v) is 23.3. The van der Waals surface area contributed by atoms with Crippen molar-refractivity contribution >= 4 is 34.6 Å². The van der Waals surface area contributed by atoms with E-state index in [1.807, 2.05) is 66.1 Å². The summed E-state index contributed by atoms with van der Waals surface area (Å²) in [5.41, 5.74) is 3.65. The van der Waals surface area contributed by atoms with Gasteiger partial charge in [0.1, 0.15) is 5.52 Å². The second kappa shape index (κ2) is 11.6. The first-order valence-corrected chi connectivity index (χ1v) is 13.9. The van der Waals surface area contributed by atoms with Crippen LogP contribution in [-0.2, 0) is 4.74 Å². The number of nitrogens with zero attached hydrogens (tertiary/aromatic N) is 6. The highest BCUT2D eigenvalue weighted by molar-refractivity contribution is 6.00. The van der Waals surface area contributed by atoms with Crippen LogP contribution < -0.4 is 15.5 Å². The summed E-state index contributed by atoms with van der Waals surface area (Å²) in [5, 5.41) is 10.4. The predicted octanol–water partition coefficient (Wildman–Crippen LogP) is 3.65. The van der Waals surface area contributed by atoms with E-state index in [1.54, 1.807) is 24.3 Å². The van der Waals surface area contributed by atoms with Crippen LogP contribution >= 0.6 is 0 Å². The van der Waals surface area contributed by atoms with E-state index in [-0.39, 0.29) is 11.9 Å². The van der Waals surface area contributed by atoms with Crippen LogP contribution in [0.5, 0.6) is 0 Å². The van der Waals surface area contributed by atoms with E-state index < -0.39 is 0 Å². The zero-order valence-electron chi connectivity index (χ0n) is 23.3. The lowest BCUT2D eigenvalue weighted by atomic mass is 10.2. The maximum atomic E-state index is 12.9. The summed E-state index contributed by atoms with van der Waals surface area (Å²) in [6, 6.07) is 18.4. The molecule has 2 N–H and O–H groups in total. The number of hydrogen-bond acceptors (Lipinski definition) is 7. The van der Waals surface area contributed by atoms with Crippen molar-refractivity contribution in [3.63, 3.8) is 0 Å². The van der Waals surface area contributed by atoms with Gasteiger partial charge in [0.05, 0.1) is 13.2 Å². The monoisotopic (exact) mass is 554 g/mol. The molecular weight excluding hydrogens is 520 g/mol. The molecule has 2 saturated heterocycles. The number of likely N-dealkylation sites (tertiary alicyclic amines) is 1. The maximum Gasteiger partial charge on any atom is 0.323 e. The third-order valence-electron chi connectivity index (χ3n) is 7.65. The predicted molar refractivity (Wildman–Crippen MR) is 159 cm³/mol. The Morgan fingerprint density at radius 2 is 1.61 bits per heavy atom. The lowest BCUT2D eigenvalue weighted by Gasteiger charge is -2.28. The number of aromatic nitrogens is 3. The molecular formula is C30H34N8O3. The van der Waals surface area contributed by atoms with Crippen molar-refractivity contribution in [2.24, 2.45) is 0 Å². The van der Waals surface area contributed by atoms with Gasteiger partial charge in [0.15, 0.2) is 11.6 Å². The molecule has 11 heteroatoms. The van der Waals surface area contributed by atoms with Crippen molar-refractivity contribution in [2.75, 3.05) is 69.0 Å². The molecule has 4 heterocycles. The number of hydrogen-bond donors (Lipinski definition) is 2. The molecule has 1 unspecified atom stereocenters. The normalized spacial score (nSPS) is 17.3. The smallest absolute Gasteiger partial charge is 0.323 e. The number of carbonyl (C=O) groups is 2. The summed E-state index contributed by atoms with van der Waals surface area (Å²) in [6.07, 6.45) is 2.89. The van der Waals surface area contributed by atoms with Gasteiger partial charge in [-0.3, -0.25) is 4.79 Å². The van der Waals surface area contributed by atoms with Crippen LogP contribution in [0.3, 0.4) is 0 Å². The molecule has 2 aromatic heterocycles. The van der Waals surface area contributed by atoms with E-state index >= 15 is 0 Å². The number of ether oxygens (including phenoxy) is 1. The van der Waals surface area contributed by atoms with Gasteiger partial charge in [-0.05, 0) is 81.2 Å². The average molecular weight is 555 g/mol. The number of amides is 3. The Hall–Kier alpha value is -4.48. The number of rotatable bonds is 6. The molecule has 11 nitrogen and oxygen atoms in total. The summed E-state index contributed by atoms with van der Waals surface area (Å²) < 4.78 is 7.35. The van der Waals surface area contributed by atoms with Gasteiger partial charge in [-0.25, -0.2) is 14.3 Å². The Morgan fingerprint density at radius 1 is 0.927 bits per heavy atom. The minimum absolute atomic E-state index is 0.0161. The molecule has 0 spiro atoms. The number of anilines is 3. The van der Waals surface area contributed by atoms with Crippen molar-refractivity contribution < 1.29 is 14.3 Å². The van der Waals surface area contributed by atoms with Gasteiger partial charge in [-0.2, -0.15) is 0 Å². The van der Waals surface area contributed by atoms with Crippen molar-refractivity contribution in [1.82, 2.24) is 24.4 Å². The van der Waals surface area contributed by atoms with Crippen molar-refractivity contribution in [3.8, 4) is 11.4 Å². The van der Waals surface area contributed by atoms with Crippen LogP contribution in [0, 0.1) is 0 Å². The van der Waals surface area contributed by atoms with E-state index in [0.29, 0.717) is 42.0 Å². The Bertz CT molecular complexity index is 1530. The SMILES string of the molecule is CN(C)C1CCN(C(=O)c2ccc(NC(=O)Nc3ccc(-c4nc(N5CCOCC5)c5cccn5n4)cc3)cc2)C1. The lowest BCUT2D eigenvalue weighted by molar-refractivity contribution is 0.0783. The molecule has 2 aliphatic heterocycles. The fourth-order valence-electron chi connectivity index (χ4n) is 5.27. The molecule has 4 aromatic rings. The third-order valence-corrected chi connectivity index (χ3v) is 7.65. The molecule has 2 aromatic carbocycles. The number of likely N-dealkylation sites (N-methyl/N-ethyl adjacent to an activating group) is 1. The topological polar surface area (TPSA) is 107 Å². The molecule has 2 aliphatic rings. The fourth-order valence-corrected chi connectivity index (χ4v) is 5.27. The molecule has 6 rings (SSSR count). The van der Waals surface area contributed by atoms with Crippen LogP contribution in [-0.4, -0.2) is 95.9 Å². The highest BCUT2D eigenvalue weighted by atomic mass is 16.5. The second-order valence-electron chi connectivity index (χ2n) is 10.6. The number of carbonyl (C=O) groups excluding carboxylic acids is 2. The molecule has 1 atom stereocenters. The van der Waals surface area contributed by atoms with Crippen LogP contribution in [0.2, 0.25) is 0 Å². The molecule has 0 bridgehead atoms. The van der Waals surface area contributed by atoms with Gasteiger partial charge in [0.2, 0.25) is 0 Å². The maximum absolute atomic E-state index is 12.9. The van der Waals surface area contributed by atoms with Crippen LogP contribution in [0.1, 0.15) is 16.8 Å². The molecule has 0 saturated carbocycles. The van der Waals surface area contributed by atoms with Gasteiger partial charge in [-0.1, -0.05) is 0 Å². The van der Waals surface area contributed by atoms with Crippen LogP contribution in [0.25, 0.3) is 16.9 Å². The largest absolute Gasteiger partial charge is 0.378 e. The molecule has 2 fully saturated rings. The first-order chi connectivity index (χ1) is 19.9. The van der Waals surface area contributed by atoms with Crippen molar-refractivity contribution in [3.05, 3.63) is 72.4 Å². The summed E-state index contributed by atoms with van der Waals surface area (Å²) in [6.45, 7) is 4.40. The Labute approximate surface area is 238 Å². The molecule has 212 valence electrons. The van der Waals surface area contributed by atoms with Gasteiger partial charge < -0.3 is 30.1 Å². The summed E-state index contributed by atoms with van der Waals surface area (Å²) in [7, 11) is 4.08. The summed E-state index contributed by atoms with van der Waals surface area (Å²) in [5.74, 6) is 1.50. The summed E-state index contributed by atoms with van der Waals surface area (Å²) >= 11 is 0. The first-order valence-electron chi connectivity index (χ1n) is 13.9. The Morgan fingerprint density at radius 3 is 2.27 bits per heavy atom. The minimum Gasteiger partial charge on any atom is -0.378 e. The van der Waals surface area contributed by atoms with Gasteiger partial charge in [0, 0.05) is 60.9 Å². The van der Waals surface area contributed by atoms with E-state index in [2.05, 4.69) is 25.5 Å². The van der Waals surface area contributed by atoms with Gasteiger partial charge in [0.25, 0.3) is 5.91 Å². The number of urea groups is 1. The first kappa shape index (κ1) is 26.7. The Kier molecular flexibility index (Phi) is 7.53. The van der Waals surface area contributed by atoms with E-state index in [4.69, 9.17) is 9.72 Å². The second-order valence-corrected chi connectivity index (χ2v) is 10.6. The average Bonchev–Trinajstić information content (AvgIpc) is 3.68. The zero-order chi connectivity index (χ0) is 28.3. The quantitative estimate of drug-likeness (QED) is 0.375. The van der Waals surface area contributed by atoms with Crippen LogP contribution in [0.15, 0.2) is 66.9 Å². The lowest BCUT2D eigenvalue weighted by Crippen LogP contribution is -2.37. The molecule has 41 heavy (non-hydrogen) atoms. The third kappa shape index (κ3) is 5.86. The van der Waals surface area contributed by atoms with Crippen LogP contribution in [0.4, 0.5) is 22.0 Å². The van der Waals surface area contributed by atoms with Gasteiger partial charge >= 0.3 is 6.03 Å². The number of benzene rings is 2. The molecule has 0 aliphatic carbocycles. The fraction of sp³-hybridized carbons (Fsp3) is 0.333. The Balaban J connectivity index is 1.08. The van der Waals surface area contributed by atoms with Crippen molar-refractivity contribution in [2.45, 2.75) is 12.5 Å². The number of nitrogens with one attached hydrogen (secondary N) is 2. The summed E-state index contributed by atoms with van der Waals surface area (Å²) in [4.78, 5) is 36.7. The van der Waals surface area contributed by atoms with E-state index in [1.165, 1.54) is 0 Å². The van der Waals surface area contributed by atoms with E-state index in [0.717, 1.165) is 49.5 Å². The number of fused-ring (bicyclic) bond motifs is 1. The molecule has 0 radical (unpaired) electrons. The van der Waals surface area contributed by atoms with Gasteiger partial charge in [-0.15, -0.1) is 5.10 Å². The van der Waals surface area contributed by atoms with E-state index in [9.17, 15) is 9.59 Å². The van der Waals surface area contributed by atoms with Crippen molar-refractivity contribution in [1.29, 1.82) is 0 Å². The molecule has 3 amide bonds. The minimum atomic E-state index is -0.371. The standard InChI is InChI=1S/C30H34N8O3/c1-35(2)25-13-15-37(20-25)29(39)22-7-11-24(12-8-22)32-30(40)31-23-9-5-21(6-10-23)27-33-28(36-16-18-41-19-17-36)26-4-3-14-38(26)34-27/h3-12,14,25H,13,15-20H2,1-2H3,(H2,31,32,40).